The van der Waals surface area contributed by atoms with E-state index in [1.54, 1.807) is 0 Å². The van der Waals surface area contributed by atoms with Gasteiger partial charge in [0.15, 0.2) is 0 Å². The fourth-order valence-electron chi connectivity index (χ4n) is 2.04. The van der Waals surface area contributed by atoms with E-state index in [9.17, 15) is 0 Å². The first-order valence-electron chi connectivity index (χ1n) is 6.75. The Hall–Kier alpha value is -1.31. The molecule has 0 atom stereocenters. The van der Waals surface area contributed by atoms with Gasteiger partial charge in [0.05, 0.1) is 0 Å². The zero-order valence-electron chi connectivity index (χ0n) is 11.3. The summed E-state index contributed by atoms with van der Waals surface area (Å²) in [6.45, 7) is 3.94. The highest BCUT2D eigenvalue weighted by Gasteiger charge is 1.98. The maximum Gasteiger partial charge on any atom is 0.0438 e. The Morgan fingerprint density at radius 3 is 2.53 bits per heavy atom. The monoisotopic (exact) mass is 273 g/mol. The van der Waals surface area contributed by atoms with Crippen LogP contribution in [0.3, 0.4) is 0 Å². The van der Waals surface area contributed by atoms with Crippen molar-refractivity contribution in [1.29, 1.82) is 0 Å². The topological polar surface area (TPSA) is 12.0 Å². The molecule has 0 saturated heterocycles. The van der Waals surface area contributed by atoms with Gasteiger partial charge in [-0.2, -0.15) is 0 Å². The number of benzene rings is 2. The minimum atomic E-state index is 0.851. The normalized spacial score (nSPS) is 10.6. The molecule has 1 nitrogen and oxygen atoms in total. The second kappa shape index (κ2) is 7.32. The molecule has 0 unspecified atom stereocenters. The van der Waals surface area contributed by atoms with E-state index < -0.39 is 0 Å². The Kier molecular flexibility index (Phi) is 5.44. The fourth-order valence-corrected chi connectivity index (χ4v) is 2.24. The van der Waals surface area contributed by atoms with Gasteiger partial charge in [0.1, 0.15) is 0 Å². The average molecular weight is 274 g/mol. The molecule has 0 aliphatic rings. The van der Waals surface area contributed by atoms with Gasteiger partial charge in [-0.25, -0.2) is 0 Å². The van der Waals surface area contributed by atoms with Gasteiger partial charge < -0.3 is 5.32 Å². The molecular formula is C17H20ClN. The molecule has 2 aromatic carbocycles. The van der Waals surface area contributed by atoms with Crippen molar-refractivity contribution in [1.82, 2.24) is 5.32 Å². The van der Waals surface area contributed by atoms with E-state index in [0.29, 0.717) is 0 Å². The SMILES string of the molecule is Cc1ccc(CNCCCc2ccccc2)cc1Cl. The zero-order chi connectivity index (χ0) is 13.5. The molecule has 0 spiro atoms. The first-order valence-corrected chi connectivity index (χ1v) is 7.13. The lowest BCUT2D eigenvalue weighted by Gasteiger charge is -2.06. The highest BCUT2D eigenvalue weighted by Crippen LogP contribution is 2.16. The van der Waals surface area contributed by atoms with Gasteiger partial charge in [0.2, 0.25) is 0 Å². The van der Waals surface area contributed by atoms with Crippen LogP contribution in [0.2, 0.25) is 5.02 Å². The number of hydrogen-bond acceptors (Lipinski definition) is 1. The Morgan fingerprint density at radius 1 is 1.00 bits per heavy atom. The van der Waals surface area contributed by atoms with E-state index in [4.69, 9.17) is 11.6 Å². The molecule has 0 aliphatic heterocycles. The van der Waals surface area contributed by atoms with Crippen LogP contribution >= 0.6 is 11.6 Å². The molecule has 2 heteroatoms. The molecule has 0 saturated carbocycles. The van der Waals surface area contributed by atoms with Crippen LogP contribution in [0, 0.1) is 6.92 Å². The van der Waals surface area contributed by atoms with Gasteiger partial charge in [-0.3, -0.25) is 0 Å². The highest BCUT2D eigenvalue weighted by molar-refractivity contribution is 6.31. The van der Waals surface area contributed by atoms with E-state index in [1.807, 2.05) is 13.0 Å². The van der Waals surface area contributed by atoms with Crippen molar-refractivity contribution in [3.05, 3.63) is 70.2 Å². The summed E-state index contributed by atoms with van der Waals surface area (Å²) in [7, 11) is 0. The molecule has 0 aromatic heterocycles. The lowest BCUT2D eigenvalue weighted by molar-refractivity contribution is 0.649. The summed E-state index contributed by atoms with van der Waals surface area (Å²) in [5.74, 6) is 0. The van der Waals surface area contributed by atoms with Crippen LogP contribution in [0.5, 0.6) is 0 Å². The summed E-state index contributed by atoms with van der Waals surface area (Å²) in [6, 6.07) is 16.9. The first-order chi connectivity index (χ1) is 9.25. The molecular weight excluding hydrogens is 254 g/mol. The van der Waals surface area contributed by atoms with Crippen LogP contribution in [0.25, 0.3) is 0 Å². The lowest BCUT2D eigenvalue weighted by atomic mass is 10.1. The quantitative estimate of drug-likeness (QED) is 0.771. The summed E-state index contributed by atoms with van der Waals surface area (Å²) in [5.41, 5.74) is 3.78. The number of rotatable bonds is 6. The van der Waals surface area contributed by atoms with Crippen molar-refractivity contribution >= 4 is 11.6 Å². The third kappa shape index (κ3) is 4.70. The Balaban J connectivity index is 1.68. The summed E-state index contributed by atoms with van der Waals surface area (Å²) in [5, 5.41) is 4.31. The van der Waals surface area contributed by atoms with E-state index in [-0.39, 0.29) is 0 Å². The molecule has 1 N–H and O–H groups in total. The third-order valence-corrected chi connectivity index (χ3v) is 3.63. The number of aryl methyl sites for hydroxylation is 2. The van der Waals surface area contributed by atoms with Gasteiger partial charge in [-0.15, -0.1) is 0 Å². The van der Waals surface area contributed by atoms with Gasteiger partial charge in [-0.05, 0) is 49.1 Å². The van der Waals surface area contributed by atoms with Crippen LogP contribution in [0.4, 0.5) is 0 Å². The molecule has 0 amide bonds. The van der Waals surface area contributed by atoms with Gasteiger partial charge in [0, 0.05) is 11.6 Å². The summed E-state index contributed by atoms with van der Waals surface area (Å²) in [4.78, 5) is 0. The zero-order valence-corrected chi connectivity index (χ0v) is 12.1. The average Bonchev–Trinajstić information content (AvgIpc) is 2.43. The highest BCUT2D eigenvalue weighted by atomic mass is 35.5. The molecule has 0 fully saturated rings. The van der Waals surface area contributed by atoms with Gasteiger partial charge in [0.25, 0.3) is 0 Å². The minimum Gasteiger partial charge on any atom is -0.313 e. The van der Waals surface area contributed by atoms with Crippen LogP contribution in [-0.4, -0.2) is 6.54 Å². The lowest BCUT2D eigenvalue weighted by Crippen LogP contribution is -2.15. The molecule has 2 aromatic rings. The van der Waals surface area contributed by atoms with Crippen molar-refractivity contribution < 1.29 is 0 Å². The first kappa shape index (κ1) is 14.1. The van der Waals surface area contributed by atoms with Crippen LogP contribution in [0.1, 0.15) is 23.1 Å². The molecule has 0 radical (unpaired) electrons. The van der Waals surface area contributed by atoms with E-state index in [1.165, 1.54) is 11.1 Å². The molecule has 0 bridgehead atoms. The molecule has 0 heterocycles. The maximum atomic E-state index is 6.11. The van der Waals surface area contributed by atoms with E-state index >= 15 is 0 Å². The molecule has 2 rings (SSSR count). The Bertz CT molecular complexity index is 508. The van der Waals surface area contributed by atoms with Crippen LogP contribution in [0.15, 0.2) is 48.5 Å². The van der Waals surface area contributed by atoms with E-state index in [2.05, 4.69) is 47.8 Å². The second-order valence-corrected chi connectivity index (χ2v) is 5.26. The van der Waals surface area contributed by atoms with Crippen LogP contribution < -0.4 is 5.32 Å². The van der Waals surface area contributed by atoms with Gasteiger partial charge in [-0.1, -0.05) is 54.1 Å². The second-order valence-electron chi connectivity index (χ2n) is 4.85. The predicted octanol–water partition coefficient (Wildman–Crippen LogP) is 4.37. The number of nitrogens with one attached hydrogen (secondary N) is 1. The van der Waals surface area contributed by atoms with Crippen LogP contribution in [-0.2, 0) is 13.0 Å². The maximum absolute atomic E-state index is 6.11. The van der Waals surface area contributed by atoms with Crippen molar-refractivity contribution in [3.8, 4) is 0 Å². The van der Waals surface area contributed by atoms with Crippen molar-refractivity contribution in [2.24, 2.45) is 0 Å². The predicted molar refractivity (Wildman–Crippen MR) is 82.7 cm³/mol. The van der Waals surface area contributed by atoms with Crippen molar-refractivity contribution in [3.63, 3.8) is 0 Å². The van der Waals surface area contributed by atoms with E-state index in [0.717, 1.165) is 36.5 Å². The van der Waals surface area contributed by atoms with Crippen molar-refractivity contribution in [2.75, 3.05) is 6.54 Å². The smallest absolute Gasteiger partial charge is 0.0438 e. The standard InChI is InChI=1S/C17H20ClN/c1-14-9-10-16(12-17(14)18)13-19-11-5-8-15-6-3-2-4-7-15/h2-4,6-7,9-10,12,19H,5,8,11,13H2,1H3. The summed E-state index contributed by atoms with van der Waals surface area (Å²) < 4.78 is 0. The molecule has 100 valence electrons. The minimum absolute atomic E-state index is 0.851. The summed E-state index contributed by atoms with van der Waals surface area (Å²) >= 11 is 6.11. The fraction of sp³-hybridized carbons (Fsp3) is 0.294. The largest absolute Gasteiger partial charge is 0.313 e. The molecule has 19 heavy (non-hydrogen) atoms. The third-order valence-electron chi connectivity index (χ3n) is 3.23. The Morgan fingerprint density at radius 2 is 1.79 bits per heavy atom. The number of hydrogen-bond donors (Lipinski definition) is 1. The van der Waals surface area contributed by atoms with Crippen molar-refractivity contribution in [2.45, 2.75) is 26.3 Å². The Labute approximate surface area is 120 Å². The number of halogens is 1. The summed E-state index contributed by atoms with van der Waals surface area (Å²) in [6.07, 6.45) is 2.28. The molecule has 0 aliphatic carbocycles. The van der Waals surface area contributed by atoms with Gasteiger partial charge >= 0.3 is 0 Å².